The van der Waals surface area contributed by atoms with E-state index in [1.54, 1.807) is 6.07 Å². The van der Waals surface area contributed by atoms with Gasteiger partial charge in [0, 0.05) is 22.4 Å². The van der Waals surface area contributed by atoms with E-state index in [9.17, 15) is 4.79 Å². The smallest absolute Gasteiger partial charge is 0.338 e. The summed E-state index contributed by atoms with van der Waals surface area (Å²) in [6.07, 6.45) is 0.779. The first-order chi connectivity index (χ1) is 15.7. The van der Waals surface area contributed by atoms with Gasteiger partial charge in [0.15, 0.2) is 0 Å². The molecule has 1 N–H and O–H groups in total. The molecule has 0 spiro atoms. The molecular weight excluding hydrogens is 394 g/mol. The molecular formula is C29H25NO2. The van der Waals surface area contributed by atoms with Gasteiger partial charge in [-0.1, -0.05) is 73.4 Å². The Bertz CT molecular complexity index is 1300. The van der Waals surface area contributed by atoms with Gasteiger partial charge in [-0.3, -0.25) is 0 Å². The van der Waals surface area contributed by atoms with Crippen molar-refractivity contribution in [3.8, 4) is 11.8 Å². The van der Waals surface area contributed by atoms with Crippen molar-refractivity contribution in [2.45, 2.75) is 19.4 Å². The summed E-state index contributed by atoms with van der Waals surface area (Å²) in [7, 11) is 1.41. The van der Waals surface area contributed by atoms with Crippen molar-refractivity contribution < 1.29 is 9.53 Å². The van der Waals surface area contributed by atoms with Crippen LogP contribution in [0, 0.1) is 11.8 Å². The Morgan fingerprint density at radius 2 is 1.62 bits per heavy atom. The summed E-state index contributed by atoms with van der Waals surface area (Å²) in [4.78, 5) is 12.6. The largest absolute Gasteiger partial charge is 0.465 e. The highest BCUT2D eigenvalue weighted by Crippen LogP contribution is 2.30. The van der Waals surface area contributed by atoms with E-state index in [-0.39, 0.29) is 12.0 Å². The number of rotatable bonds is 5. The average Bonchev–Trinajstić information content (AvgIpc) is 2.86. The quantitative estimate of drug-likeness (QED) is 0.293. The third-order valence-electron chi connectivity index (χ3n) is 5.47. The molecule has 0 radical (unpaired) electrons. The Labute approximate surface area is 189 Å². The van der Waals surface area contributed by atoms with Gasteiger partial charge in [0.1, 0.15) is 0 Å². The Hall–Kier alpha value is -4.03. The molecule has 0 aliphatic carbocycles. The first-order valence-electron chi connectivity index (χ1n) is 10.7. The lowest BCUT2D eigenvalue weighted by Gasteiger charge is -2.23. The second kappa shape index (κ2) is 9.85. The topological polar surface area (TPSA) is 38.3 Å². The van der Waals surface area contributed by atoms with Gasteiger partial charge in [-0.05, 0) is 53.6 Å². The molecule has 0 bridgehead atoms. The lowest BCUT2D eigenvalue weighted by molar-refractivity contribution is 0.0599. The van der Waals surface area contributed by atoms with Gasteiger partial charge >= 0.3 is 5.97 Å². The monoisotopic (exact) mass is 419 g/mol. The fraction of sp³-hybridized carbons (Fsp3) is 0.138. The zero-order chi connectivity index (χ0) is 22.3. The van der Waals surface area contributed by atoms with Crippen molar-refractivity contribution >= 4 is 22.4 Å². The van der Waals surface area contributed by atoms with Crippen LogP contribution >= 0.6 is 0 Å². The molecule has 4 aromatic carbocycles. The van der Waals surface area contributed by atoms with Crippen molar-refractivity contribution in [3.05, 3.63) is 113 Å². The Morgan fingerprint density at radius 3 is 2.38 bits per heavy atom. The number of carbonyl (C=O) groups excluding carboxylic acids is 1. The summed E-state index contributed by atoms with van der Waals surface area (Å²) in [6, 6.07) is 29.9. The summed E-state index contributed by atoms with van der Waals surface area (Å²) in [5.74, 6) is 6.14. The van der Waals surface area contributed by atoms with Crippen LogP contribution < -0.4 is 5.32 Å². The van der Waals surface area contributed by atoms with E-state index in [0.717, 1.165) is 34.2 Å². The first kappa shape index (κ1) is 21.2. The zero-order valence-electron chi connectivity index (χ0n) is 18.3. The number of carbonyl (C=O) groups is 1. The molecule has 1 unspecified atom stereocenters. The van der Waals surface area contributed by atoms with E-state index in [1.807, 2.05) is 54.6 Å². The number of nitrogens with one attached hydrogen (secondary N) is 1. The third kappa shape index (κ3) is 4.66. The summed E-state index contributed by atoms with van der Waals surface area (Å²) in [5.41, 5.74) is 4.14. The molecule has 0 saturated heterocycles. The molecule has 4 aromatic rings. The van der Waals surface area contributed by atoms with Crippen molar-refractivity contribution in [1.29, 1.82) is 0 Å². The van der Waals surface area contributed by atoms with Gasteiger partial charge in [-0.25, -0.2) is 4.79 Å². The Balaban J connectivity index is 1.77. The van der Waals surface area contributed by atoms with Crippen molar-refractivity contribution in [2.75, 3.05) is 12.4 Å². The first-order valence-corrected chi connectivity index (χ1v) is 10.7. The number of esters is 1. The molecule has 0 amide bonds. The standard InChI is InChI=1S/C29H25NO2/c1-3-27(30-25-19-18-22-12-7-8-13-24(22)20-25)28-23(14-9-15-26(28)29(31)32-2)17-16-21-10-5-4-6-11-21/h4-15,18-20,27,30H,3H2,1-2H3. The fourth-order valence-electron chi connectivity index (χ4n) is 3.86. The maximum absolute atomic E-state index is 12.6. The number of anilines is 1. The highest BCUT2D eigenvalue weighted by molar-refractivity contribution is 5.92. The Morgan fingerprint density at radius 1 is 0.875 bits per heavy atom. The van der Waals surface area contributed by atoms with E-state index >= 15 is 0 Å². The van der Waals surface area contributed by atoms with Crippen LogP contribution in [0.25, 0.3) is 10.8 Å². The molecule has 1 atom stereocenters. The molecule has 3 nitrogen and oxygen atoms in total. The number of hydrogen-bond donors (Lipinski definition) is 1. The molecule has 0 aromatic heterocycles. The molecule has 3 heteroatoms. The number of methoxy groups -OCH3 is 1. The molecule has 32 heavy (non-hydrogen) atoms. The summed E-state index contributed by atoms with van der Waals surface area (Å²) < 4.78 is 5.08. The molecule has 158 valence electrons. The number of ether oxygens (including phenoxy) is 1. The predicted octanol–water partition coefficient (Wildman–Crippen LogP) is 6.59. The highest BCUT2D eigenvalue weighted by atomic mass is 16.5. The van der Waals surface area contributed by atoms with Crippen LogP contribution in [-0.2, 0) is 4.74 Å². The number of fused-ring (bicyclic) bond motifs is 1. The lowest BCUT2D eigenvalue weighted by atomic mass is 9.92. The van der Waals surface area contributed by atoms with Crippen molar-refractivity contribution in [1.82, 2.24) is 0 Å². The van der Waals surface area contributed by atoms with Gasteiger partial charge in [0.2, 0.25) is 0 Å². The van der Waals surface area contributed by atoms with Crippen molar-refractivity contribution in [2.24, 2.45) is 0 Å². The van der Waals surface area contributed by atoms with Gasteiger partial charge in [-0.2, -0.15) is 0 Å². The van der Waals surface area contributed by atoms with Gasteiger partial charge in [-0.15, -0.1) is 0 Å². The van der Waals surface area contributed by atoms with E-state index in [1.165, 1.54) is 12.5 Å². The zero-order valence-corrected chi connectivity index (χ0v) is 18.3. The second-order valence-corrected chi connectivity index (χ2v) is 7.54. The van der Waals surface area contributed by atoms with E-state index in [0.29, 0.717) is 5.56 Å². The van der Waals surface area contributed by atoms with Crippen LogP contribution in [0.1, 0.15) is 46.4 Å². The molecule has 0 fully saturated rings. The predicted molar refractivity (Wildman–Crippen MR) is 131 cm³/mol. The molecule has 0 aliphatic heterocycles. The maximum atomic E-state index is 12.6. The summed E-state index contributed by atoms with van der Waals surface area (Å²) in [6.45, 7) is 2.10. The SMILES string of the molecule is CCC(Nc1ccc2ccccc2c1)c1c(C#Cc2ccccc2)cccc1C(=O)OC. The maximum Gasteiger partial charge on any atom is 0.338 e. The molecule has 0 heterocycles. The van der Waals surface area contributed by atoms with Crippen LogP contribution in [0.2, 0.25) is 0 Å². The molecule has 0 saturated carbocycles. The van der Waals surface area contributed by atoms with Crippen molar-refractivity contribution in [3.63, 3.8) is 0 Å². The number of benzene rings is 4. The summed E-state index contributed by atoms with van der Waals surface area (Å²) in [5, 5.41) is 5.97. The molecule has 0 aliphatic rings. The summed E-state index contributed by atoms with van der Waals surface area (Å²) >= 11 is 0. The lowest BCUT2D eigenvalue weighted by Crippen LogP contribution is -2.17. The van der Waals surface area contributed by atoms with Crippen LogP contribution in [0.5, 0.6) is 0 Å². The fourth-order valence-corrected chi connectivity index (χ4v) is 3.86. The Kier molecular flexibility index (Phi) is 6.53. The van der Waals surface area contributed by atoms with E-state index in [4.69, 9.17) is 4.74 Å². The average molecular weight is 420 g/mol. The van der Waals surface area contributed by atoms with Gasteiger partial charge < -0.3 is 10.1 Å². The minimum Gasteiger partial charge on any atom is -0.465 e. The molecule has 4 rings (SSSR count). The van der Waals surface area contributed by atoms with Crippen LogP contribution in [0.15, 0.2) is 91.0 Å². The van der Waals surface area contributed by atoms with Gasteiger partial charge in [0.05, 0.1) is 18.7 Å². The minimum absolute atomic E-state index is 0.105. The highest BCUT2D eigenvalue weighted by Gasteiger charge is 2.22. The minimum atomic E-state index is -0.359. The normalized spacial score (nSPS) is 11.3. The van der Waals surface area contributed by atoms with Crippen LogP contribution in [0.4, 0.5) is 5.69 Å². The van der Waals surface area contributed by atoms with E-state index < -0.39 is 0 Å². The van der Waals surface area contributed by atoms with Crippen LogP contribution in [0.3, 0.4) is 0 Å². The van der Waals surface area contributed by atoms with E-state index in [2.05, 4.69) is 54.4 Å². The van der Waals surface area contributed by atoms with Gasteiger partial charge in [0.25, 0.3) is 0 Å². The second-order valence-electron chi connectivity index (χ2n) is 7.54. The third-order valence-corrected chi connectivity index (χ3v) is 5.47. The number of hydrogen-bond acceptors (Lipinski definition) is 3. The van der Waals surface area contributed by atoms with Crippen LogP contribution in [-0.4, -0.2) is 13.1 Å².